The molecule has 1 unspecified atom stereocenters. The van der Waals surface area contributed by atoms with Crippen molar-refractivity contribution in [2.45, 2.75) is 83.2 Å². The quantitative estimate of drug-likeness (QED) is 0.192. The van der Waals surface area contributed by atoms with Crippen molar-refractivity contribution in [1.29, 1.82) is 0 Å². The normalized spacial score (nSPS) is 22.5. The van der Waals surface area contributed by atoms with Gasteiger partial charge in [-0.25, -0.2) is 14.8 Å². The molecule has 7 rings (SSSR count). The molecule has 4 aromatic rings. The largest absolute Gasteiger partial charge is 0.476 e. The van der Waals surface area contributed by atoms with E-state index in [-0.39, 0.29) is 54.1 Å². The number of hydrogen-bond donors (Lipinski definition) is 5. The molecule has 4 bridgehead atoms. The first-order chi connectivity index (χ1) is 22.9. The smallest absolute Gasteiger partial charge is 0.358 e. The summed E-state index contributed by atoms with van der Waals surface area (Å²) in [6.45, 7) is 8.74. The van der Waals surface area contributed by atoms with E-state index in [1.807, 2.05) is 56.3 Å². The molecule has 3 aliphatic rings. The highest BCUT2D eigenvalue weighted by Gasteiger charge is 2.61. The van der Waals surface area contributed by atoms with Crippen LogP contribution in [0, 0.1) is 12.8 Å². The number of carboxylic acids is 1. The highest BCUT2D eigenvalue weighted by atomic mass is 16.5. The number of nitrogens with one attached hydrogen (secondary N) is 3. The minimum absolute atomic E-state index is 0.0516. The second-order valence-corrected chi connectivity index (χ2v) is 13.0. The number of carbonyl (C=O) groups excluding carboxylic acids is 2. The number of aryl methyl sites for hydroxylation is 1. The number of benzene rings is 2. The van der Waals surface area contributed by atoms with Crippen molar-refractivity contribution in [3.05, 3.63) is 82.3 Å². The molecule has 2 aromatic heterocycles. The third-order valence-corrected chi connectivity index (χ3v) is 9.83. The Morgan fingerprint density at radius 1 is 1.08 bits per heavy atom. The van der Waals surface area contributed by atoms with Crippen LogP contribution in [0.4, 0.5) is 5.69 Å². The van der Waals surface area contributed by atoms with Gasteiger partial charge in [0.1, 0.15) is 34.6 Å². The average molecular weight is 656 g/mol. The number of amides is 2. The Kier molecular flexibility index (Phi) is 7.35. The predicted molar refractivity (Wildman–Crippen MR) is 171 cm³/mol. The van der Waals surface area contributed by atoms with Gasteiger partial charge in [-0.2, -0.15) is 0 Å². The Balaban J connectivity index is 1.49. The van der Waals surface area contributed by atoms with Crippen molar-refractivity contribution >= 4 is 23.5 Å². The zero-order valence-electron chi connectivity index (χ0n) is 27.2. The van der Waals surface area contributed by atoms with E-state index in [0.717, 1.165) is 22.4 Å². The van der Waals surface area contributed by atoms with Gasteiger partial charge in [-0.15, -0.1) is 0 Å². The van der Waals surface area contributed by atoms with Crippen LogP contribution in [-0.4, -0.2) is 55.8 Å². The summed E-state index contributed by atoms with van der Waals surface area (Å²) in [6.07, 6.45) is -0.216. The second-order valence-electron chi connectivity index (χ2n) is 13.0. The number of rotatable bonds is 7. The maximum Gasteiger partial charge on any atom is 0.358 e. The number of ether oxygens (including phenoxy) is 1. The highest BCUT2D eigenvalue weighted by Crippen LogP contribution is 2.59. The van der Waals surface area contributed by atoms with E-state index in [4.69, 9.17) is 18.6 Å². The lowest BCUT2D eigenvalue weighted by Crippen LogP contribution is -2.55. The van der Waals surface area contributed by atoms with Gasteiger partial charge in [0.25, 0.3) is 5.91 Å². The van der Waals surface area contributed by atoms with Gasteiger partial charge in [-0.3, -0.25) is 9.59 Å². The summed E-state index contributed by atoms with van der Waals surface area (Å²) in [5, 5.41) is 30.1. The minimum Gasteiger partial charge on any atom is -0.476 e. The van der Waals surface area contributed by atoms with Crippen LogP contribution in [0.1, 0.15) is 91.2 Å². The van der Waals surface area contributed by atoms with Crippen LogP contribution in [0.25, 0.3) is 11.6 Å². The molecule has 3 aliphatic heterocycles. The number of carbonyl (C=O) groups is 3. The Bertz CT molecular complexity index is 1960. The van der Waals surface area contributed by atoms with Crippen LogP contribution in [-0.2, 0) is 21.4 Å². The summed E-state index contributed by atoms with van der Waals surface area (Å²) < 4.78 is 19.2. The van der Waals surface area contributed by atoms with Crippen LogP contribution >= 0.6 is 0 Å². The number of anilines is 1. The van der Waals surface area contributed by atoms with E-state index in [1.54, 1.807) is 13.8 Å². The molecule has 0 saturated carbocycles. The summed E-state index contributed by atoms with van der Waals surface area (Å²) in [4.78, 5) is 48.6. The van der Waals surface area contributed by atoms with Crippen molar-refractivity contribution in [2.75, 3.05) is 5.32 Å². The first-order valence-corrected chi connectivity index (χ1v) is 16.1. The maximum atomic E-state index is 14.1. The van der Waals surface area contributed by atoms with Gasteiger partial charge < -0.3 is 39.7 Å². The molecule has 13 nitrogen and oxygen atoms in total. The topological polar surface area (TPSA) is 189 Å². The Hall–Kier alpha value is -5.17. The lowest BCUT2D eigenvalue weighted by molar-refractivity contribution is -0.143. The molecule has 0 aliphatic carbocycles. The van der Waals surface area contributed by atoms with Crippen LogP contribution in [0.3, 0.4) is 0 Å². The van der Waals surface area contributed by atoms with Crippen molar-refractivity contribution in [3.8, 4) is 17.3 Å². The van der Waals surface area contributed by atoms with Crippen molar-refractivity contribution in [3.63, 3.8) is 0 Å². The number of fused-ring (bicyclic) bond motifs is 4. The molecule has 0 radical (unpaired) electrons. The molecule has 48 heavy (non-hydrogen) atoms. The van der Waals surface area contributed by atoms with E-state index in [9.17, 15) is 24.6 Å². The van der Waals surface area contributed by atoms with Gasteiger partial charge in [0.2, 0.25) is 17.7 Å². The van der Waals surface area contributed by atoms with E-state index in [1.165, 1.54) is 6.92 Å². The molecule has 13 heteroatoms. The summed E-state index contributed by atoms with van der Waals surface area (Å²) in [5.74, 6) is -1.55. The van der Waals surface area contributed by atoms with E-state index in [2.05, 4.69) is 20.9 Å². The number of aromatic carboxylic acids is 1. The third-order valence-electron chi connectivity index (χ3n) is 9.83. The molecule has 0 saturated heterocycles. The summed E-state index contributed by atoms with van der Waals surface area (Å²) in [6, 6.07) is 11.5. The zero-order valence-corrected chi connectivity index (χ0v) is 27.2. The van der Waals surface area contributed by atoms with Gasteiger partial charge in [-0.1, -0.05) is 58.0 Å². The van der Waals surface area contributed by atoms with Crippen molar-refractivity contribution < 1.29 is 38.2 Å². The van der Waals surface area contributed by atoms with E-state index < -0.39 is 47.1 Å². The monoisotopic (exact) mass is 655 g/mol. The highest BCUT2D eigenvalue weighted by molar-refractivity contribution is 5.92. The van der Waals surface area contributed by atoms with Crippen molar-refractivity contribution in [1.82, 2.24) is 20.6 Å². The SMILES string of the molecule is CCC(O)(CC)C(=O)N[C@H]1Cc2ccc3c(c2)C2(c4ccccc4N[C@H]2O3)c2oc(nc2-c2nc(C(=O)O)c(C)o2)[C@H](C(C)C)NC1=O. The summed E-state index contributed by atoms with van der Waals surface area (Å²) in [7, 11) is 0. The van der Waals surface area contributed by atoms with Gasteiger partial charge in [0, 0.05) is 17.7 Å². The van der Waals surface area contributed by atoms with Gasteiger partial charge >= 0.3 is 5.97 Å². The standard InChI is InChI=1S/C35H37N5O8/c1-6-34(45,7-2)32(44)36-22-15-18-12-13-23-20(14-18)35(19-10-8-9-11-21(19)37-33(35)47-23)27-26(30-39-25(31(42)43)17(5)46-30)40-29(48-27)24(16(3)4)38-28(22)41/h8-14,16,22,24,33,37,45H,6-7,15H2,1-5H3,(H,36,44)(H,38,41)(H,42,43)/t22-,24-,33-,35?/m0/s1. The number of para-hydroxylation sites is 1. The fourth-order valence-corrected chi connectivity index (χ4v) is 7.01. The molecule has 2 aromatic carbocycles. The predicted octanol–water partition coefficient (Wildman–Crippen LogP) is 4.22. The average Bonchev–Trinajstić information content (AvgIpc) is 3.81. The van der Waals surface area contributed by atoms with Crippen LogP contribution in [0.15, 0.2) is 51.3 Å². The number of carboxylic acid groups (broad SMARTS) is 1. The van der Waals surface area contributed by atoms with Crippen molar-refractivity contribution in [2.24, 2.45) is 5.92 Å². The lowest BCUT2D eigenvalue weighted by atomic mass is 9.72. The number of nitrogens with zero attached hydrogens (tertiary/aromatic N) is 2. The van der Waals surface area contributed by atoms with Gasteiger partial charge in [0.05, 0.1) is 0 Å². The summed E-state index contributed by atoms with van der Waals surface area (Å²) >= 11 is 0. The molecular weight excluding hydrogens is 618 g/mol. The molecule has 0 fully saturated rings. The number of aliphatic hydroxyl groups is 1. The zero-order chi connectivity index (χ0) is 34.1. The first kappa shape index (κ1) is 31.4. The van der Waals surface area contributed by atoms with E-state index >= 15 is 0 Å². The molecule has 5 N–H and O–H groups in total. The molecule has 4 atom stereocenters. The summed E-state index contributed by atoms with van der Waals surface area (Å²) in [5.41, 5.74) is 0.226. The number of hydrogen-bond acceptors (Lipinski definition) is 10. The molecule has 250 valence electrons. The van der Waals surface area contributed by atoms with Crippen LogP contribution in [0.5, 0.6) is 5.75 Å². The molecular formula is C35H37N5O8. The van der Waals surface area contributed by atoms with E-state index in [0.29, 0.717) is 11.5 Å². The maximum absolute atomic E-state index is 14.1. The minimum atomic E-state index is -1.64. The second kappa shape index (κ2) is 11.2. The Labute approximate surface area is 276 Å². The lowest BCUT2D eigenvalue weighted by Gasteiger charge is -2.30. The third kappa shape index (κ3) is 4.59. The molecule has 5 heterocycles. The fourth-order valence-electron chi connectivity index (χ4n) is 7.01. The number of oxazole rings is 2. The van der Waals surface area contributed by atoms with Gasteiger partial charge in [-0.05, 0) is 48.9 Å². The van der Waals surface area contributed by atoms with Crippen LogP contribution < -0.4 is 20.7 Å². The molecule has 2 amide bonds. The Morgan fingerprint density at radius 3 is 2.52 bits per heavy atom. The first-order valence-electron chi connectivity index (χ1n) is 16.1. The van der Waals surface area contributed by atoms with Crippen LogP contribution in [0.2, 0.25) is 0 Å². The molecule has 1 spiro atoms. The Morgan fingerprint density at radius 2 is 1.83 bits per heavy atom. The fraction of sp³-hybridized carbons (Fsp3) is 0.400. The van der Waals surface area contributed by atoms with Gasteiger partial charge in [0.15, 0.2) is 23.4 Å². The number of aromatic nitrogens is 2.